The van der Waals surface area contributed by atoms with E-state index in [0.29, 0.717) is 30.4 Å². The molecule has 3 heterocycles. The summed E-state index contributed by atoms with van der Waals surface area (Å²) in [5.41, 5.74) is -1.27. The van der Waals surface area contributed by atoms with E-state index in [9.17, 15) is 36.8 Å². The highest BCUT2D eigenvalue weighted by Crippen LogP contribution is 2.48. The second kappa shape index (κ2) is 15.3. The molecule has 2 saturated heterocycles. The van der Waals surface area contributed by atoms with E-state index in [1.807, 2.05) is 0 Å². The number of alkyl carbamates (subject to hydrolysis) is 1. The fraction of sp³-hybridized carbons (Fsp3) is 0.686. The minimum absolute atomic E-state index is 0.00195. The molecule has 1 aliphatic carbocycles. The zero-order valence-corrected chi connectivity index (χ0v) is 30.6. The van der Waals surface area contributed by atoms with Crippen molar-refractivity contribution in [3.63, 3.8) is 0 Å². The number of benzene rings is 1. The normalized spacial score (nSPS) is 27.2. The Morgan fingerprint density at radius 1 is 1.06 bits per heavy atom. The number of hydrogen-bond acceptors (Lipinski definition) is 9. The SMILES string of the molecule is CCCS(=O)(=O)NC(=O)[C@@]12C[C@@H]1CCCCCCC[C@H](NC(=O)OC(C)(C)C)C(=O)N1C[C@H](OC(=O)N3Cc4cccc(F)c4C3)C[C@H]1C(=O)N2. The van der Waals surface area contributed by atoms with Gasteiger partial charge < -0.3 is 25.0 Å². The number of sulfonamides is 1. The number of nitrogens with one attached hydrogen (secondary N) is 3. The van der Waals surface area contributed by atoms with Crippen LogP contribution in [0.4, 0.5) is 14.0 Å². The van der Waals surface area contributed by atoms with Crippen molar-refractivity contribution in [2.45, 2.75) is 134 Å². The molecular weight excluding hydrogens is 685 g/mol. The van der Waals surface area contributed by atoms with Crippen LogP contribution in [0.25, 0.3) is 0 Å². The molecule has 0 spiro atoms. The first-order valence-electron chi connectivity index (χ1n) is 17.9. The van der Waals surface area contributed by atoms with Crippen LogP contribution in [0.3, 0.4) is 0 Å². The lowest BCUT2D eigenvalue weighted by atomic mass is 10.0. The first kappa shape index (κ1) is 38.3. The highest BCUT2D eigenvalue weighted by atomic mass is 32.2. The van der Waals surface area contributed by atoms with Crippen LogP contribution in [0.5, 0.6) is 0 Å². The summed E-state index contributed by atoms with van der Waals surface area (Å²) in [7, 11) is -3.94. The summed E-state index contributed by atoms with van der Waals surface area (Å²) in [6.45, 7) is 6.72. The molecule has 0 radical (unpaired) electrons. The van der Waals surface area contributed by atoms with E-state index >= 15 is 0 Å². The quantitative estimate of drug-likeness (QED) is 0.393. The van der Waals surface area contributed by atoms with Gasteiger partial charge in [-0.3, -0.25) is 24.0 Å². The Morgan fingerprint density at radius 2 is 1.76 bits per heavy atom. The van der Waals surface area contributed by atoms with Crippen molar-refractivity contribution in [3.8, 4) is 0 Å². The molecular formula is C35H50FN5O9S. The van der Waals surface area contributed by atoms with Crippen molar-refractivity contribution in [1.82, 2.24) is 25.2 Å². The van der Waals surface area contributed by atoms with Crippen LogP contribution in [0.2, 0.25) is 0 Å². The maximum absolute atomic E-state index is 14.4. The van der Waals surface area contributed by atoms with Gasteiger partial charge in [-0.25, -0.2) is 22.4 Å². The summed E-state index contributed by atoms with van der Waals surface area (Å²) in [6, 6.07) is 2.33. The average Bonchev–Trinajstić information content (AvgIpc) is 3.33. The molecule has 282 valence electrons. The molecule has 16 heteroatoms. The highest BCUT2D eigenvalue weighted by molar-refractivity contribution is 7.90. The third kappa shape index (κ3) is 9.29. The number of carbonyl (C=O) groups excluding carboxylic acids is 5. The minimum Gasteiger partial charge on any atom is -0.444 e. The maximum atomic E-state index is 14.4. The van der Waals surface area contributed by atoms with Crippen molar-refractivity contribution in [1.29, 1.82) is 0 Å². The maximum Gasteiger partial charge on any atom is 0.410 e. The molecule has 1 saturated carbocycles. The van der Waals surface area contributed by atoms with Gasteiger partial charge in [0.15, 0.2) is 0 Å². The number of amides is 5. The molecule has 0 aromatic heterocycles. The van der Waals surface area contributed by atoms with E-state index in [1.165, 1.54) is 15.9 Å². The molecule has 3 fully saturated rings. The lowest BCUT2D eigenvalue weighted by Gasteiger charge is -2.30. The monoisotopic (exact) mass is 735 g/mol. The number of fused-ring (bicyclic) bond motifs is 3. The van der Waals surface area contributed by atoms with Gasteiger partial charge in [0.1, 0.15) is 35.1 Å². The van der Waals surface area contributed by atoms with Crippen LogP contribution >= 0.6 is 0 Å². The average molecular weight is 736 g/mol. The predicted molar refractivity (Wildman–Crippen MR) is 183 cm³/mol. The molecule has 4 aliphatic rings. The topological polar surface area (TPSA) is 181 Å². The number of ether oxygens (including phenoxy) is 2. The fourth-order valence-electron chi connectivity index (χ4n) is 7.30. The number of halogens is 1. The van der Waals surface area contributed by atoms with Crippen molar-refractivity contribution >= 4 is 39.9 Å². The van der Waals surface area contributed by atoms with Crippen LogP contribution < -0.4 is 15.4 Å². The molecule has 0 unspecified atom stereocenters. The van der Waals surface area contributed by atoms with Crippen molar-refractivity contribution in [3.05, 3.63) is 35.1 Å². The van der Waals surface area contributed by atoms with E-state index < -0.39 is 75.1 Å². The summed E-state index contributed by atoms with van der Waals surface area (Å²) in [5.74, 6) is -3.09. The summed E-state index contributed by atoms with van der Waals surface area (Å²) in [6.07, 6.45) is 2.60. The molecule has 3 N–H and O–H groups in total. The number of carbonyl (C=O) groups is 5. The van der Waals surface area contributed by atoms with Gasteiger partial charge in [0.05, 0.1) is 18.8 Å². The Balaban J connectivity index is 1.40. The Kier molecular flexibility index (Phi) is 11.5. The third-order valence-corrected chi connectivity index (χ3v) is 11.4. The second-order valence-electron chi connectivity index (χ2n) is 15.1. The Bertz CT molecular complexity index is 1630. The molecule has 1 aromatic carbocycles. The Morgan fingerprint density at radius 3 is 2.45 bits per heavy atom. The molecule has 51 heavy (non-hydrogen) atoms. The van der Waals surface area contributed by atoms with Gasteiger partial charge in [-0.15, -0.1) is 0 Å². The van der Waals surface area contributed by atoms with Crippen LogP contribution in [0.15, 0.2) is 18.2 Å². The van der Waals surface area contributed by atoms with E-state index in [1.54, 1.807) is 39.8 Å². The number of rotatable bonds is 6. The smallest absolute Gasteiger partial charge is 0.410 e. The van der Waals surface area contributed by atoms with Crippen LogP contribution in [-0.2, 0) is 47.0 Å². The molecule has 3 aliphatic heterocycles. The van der Waals surface area contributed by atoms with Crippen LogP contribution in [0.1, 0.15) is 103 Å². The van der Waals surface area contributed by atoms with Gasteiger partial charge in [-0.2, -0.15) is 0 Å². The molecule has 5 atom stereocenters. The summed E-state index contributed by atoms with van der Waals surface area (Å²) in [4.78, 5) is 70.8. The van der Waals surface area contributed by atoms with E-state index in [4.69, 9.17) is 9.47 Å². The standard InChI is InChI=1S/C35H50FN5O9S/c1-5-16-51(47,48)39-31(44)35-18-23(35)13-9-7-6-8-10-15-27(37-32(45)50-34(2,3)4)30(43)41-20-24(17-28(41)29(42)38-35)49-33(46)40-19-22-12-11-14-26(36)25(22)21-40/h11-12,14,23-24,27-28H,5-10,13,15-21H2,1-4H3,(H,37,45)(H,38,42)(H,39,44)/t23-,24+,27-,28-,35+/m0/s1. The summed E-state index contributed by atoms with van der Waals surface area (Å²) in [5, 5.41) is 5.49. The molecule has 5 rings (SSSR count). The number of hydrogen-bond donors (Lipinski definition) is 3. The van der Waals surface area contributed by atoms with E-state index in [0.717, 1.165) is 25.7 Å². The first-order valence-corrected chi connectivity index (χ1v) is 19.6. The first-order chi connectivity index (χ1) is 24.0. The highest BCUT2D eigenvalue weighted by Gasteiger charge is 2.62. The van der Waals surface area contributed by atoms with Crippen LogP contribution in [-0.4, -0.2) is 89.8 Å². The van der Waals surface area contributed by atoms with Gasteiger partial charge >= 0.3 is 12.2 Å². The molecule has 0 bridgehead atoms. The van der Waals surface area contributed by atoms with E-state index in [-0.39, 0.29) is 50.6 Å². The third-order valence-electron chi connectivity index (χ3n) is 9.91. The van der Waals surface area contributed by atoms with Crippen molar-refractivity contribution < 1.29 is 46.3 Å². The zero-order chi connectivity index (χ0) is 37.1. The lowest BCUT2D eigenvalue weighted by molar-refractivity contribution is -0.141. The van der Waals surface area contributed by atoms with Gasteiger partial charge in [-0.1, -0.05) is 51.2 Å². The minimum atomic E-state index is -3.94. The van der Waals surface area contributed by atoms with Crippen LogP contribution in [0, 0.1) is 11.7 Å². The van der Waals surface area contributed by atoms with Crippen molar-refractivity contribution in [2.75, 3.05) is 12.3 Å². The molecule has 5 amide bonds. The Labute approximate surface area is 298 Å². The lowest BCUT2D eigenvalue weighted by Crippen LogP contribution is -2.58. The van der Waals surface area contributed by atoms with Gasteiger partial charge in [0.2, 0.25) is 21.8 Å². The second-order valence-corrected chi connectivity index (χ2v) is 17.0. The van der Waals surface area contributed by atoms with Gasteiger partial charge in [0.25, 0.3) is 5.91 Å². The fourth-order valence-corrected chi connectivity index (χ4v) is 8.40. The molecule has 1 aromatic rings. The molecule has 14 nitrogen and oxygen atoms in total. The zero-order valence-electron chi connectivity index (χ0n) is 29.8. The van der Waals surface area contributed by atoms with Gasteiger partial charge in [-0.05, 0) is 64.0 Å². The largest absolute Gasteiger partial charge is 0.444 e. The van der Waals surface area contributed by atoms with Crippen molar-refractivity contribution in [2.24, 2.45) is 5.92 Å². The Hall–Kier alpha value is -3.95. The predicted octanol–water partition coefficient (Wildman–Crippen LogP) is 3.62. The summed E-state index contributed by atoms with van der Waals surface area (Å²) < 4.78 is 53.0. The summed E-state index contributed by atoms with van der Waals surface area (Å²) >= 11 is 0. The van der Waals surface area contributed by atoms with E-state index in [2.05, 4.69) is 15.4 Å². The van der Waals surface area contributed by atoms with Gasteiger partial charge in [0, 0.05) is 18.5 Å². The number of nitrogens with zero attached hydrogens (tertiary/aromatic N) is 2.